The molecule has 1 atom stereocenters. The molecule has 1 aromatic carbocycles. The molecule has 0 saturated heterocycles. The maximum absolute atomic E-state index is 12.2. The number of benzene rings is 1. The van der Waals surface area contributed by atoms with E-state index in [0.29, 0.717) is 28.3 Å². The Bertz CT molecular complexity index is 687. The SMILES string of the molecule is COC(=O)C1=C(C)NC(=O)N[C@@H]1c1cc(Br)cc(OC)c1OC. The fraction of sp³-hybridized carbons (Fsp3) is 0.333. The number of allylic oxidation sites excluding steroid dienone is 1. The van der Waals surface area contributed by atoms with Crippen molar-refractivity contribution < 1.29 is 23.8 Å². The first-order chi connectivity index (χ1) is 10.9. The Kier molecular flexibility index (Phi) is 5.15. The third kappa shape index (κ3) is 3.26. The summed E-state index contributed by atoms with van der Waals surface area (Å²) in [5, 5.41) is 5.29. The van der Waals surface area contributed by atoms with E-state index >= 15 is 0 Å². The Hall–Kier alpha value is -2.22. The van der Waals surface area contributed by atoms with Crippen LogP contribution < -0.4 is 20.1 Å². The molecule has 1 aliphatic heterocycles. The number of amides is 2. The van der Waals surface area contributed by atoms with Gasteiger partial charge in [0, 0.05) is 15.7 Å². The maximum Gasteiger partial charge on any atom is 0.337 e. The molecule has 23 heavy (non-hydrogen) atoms. The van der Waals surface area contributed by atoms with Crippen LogP contribution in [0.4, 0.5) is 4.79 Å². The lowest BCUT2D eigenvalue weighted by atomic mass is 9.94. The summed E-state index contributed by atoms with van der Waals surface area (Å²) in [4.78, 5) is 24.0. The van der Waals surface area contributed by atoms with Crippen molar-refractivity contribution in [1.29, 1.82) is 0 Å². The molecule has 2 N–H and O–H groups in total. The van der Waals surface area contributed by atoms with E-state index in [1.807, 2.05) is 0 Å². The average Bonchev–Trinajstić information content (AvgIpc) is 2.52. The van der Waals surface area contributed by atoms with Crippen molar-refractivity contribution >= 4 is 27.9 Å². The van der Waals surface area contributed by atoms with Gasteiger partial charge in [-0.3, -0.25) is 0 Å². The van der Waals surface area contributed by atoms with Gasteiger partial charge in [-0.05, 0) is 19.1 Å². The summed E-state index contributed by atoms with van der Waals surface area (Å²) in [6.07, 6.45) is 0. The highest BCUT2D eigenvalue weighted by atomic mass is 79.9. The minimum atomic E-state index is -0.724. The lowest BCUT2D eigenvalue weighted by molar-refractivity contribution is -0.136. The first-order valence-electron chi connectivity index (χ1n) is 6.71. The van der Waals surface area contributed by atoms with Crippen LogP contribution >= 0.6 is 15.9 Å². The molecule has 0 fully saturated rings. The maximum atomic E-state index is 12.2. The van der Waals surface area contributed by atoms with Gasteiger partial charge in [-0.2, -0.15) is 0 Å². The van der Waals surface area contributed by atoms with Crippen LogP contribution in [0.3, 0.4) is 0 Å². The van der Waals surface area contributed by atoms with Gasteiger partial charge in [0.1, 0.15) is 0 Å². The van der Waals surface area contributed by atoms with Gasteiger partial charge in [0.15, 0.2) is 11.5 Å². The van der Waals surface area contributed by atoms with Gasteiger partial charge in [-0.1, -0.05) is 15.9 Å². The van der Waals surface area contributed by atoms with E-state index in [1.165, 1.54) is 21.3 Å². The summed E-state index contributed by atoms with van der Waals surface area (Å²) < 4.78 is 16.3. The van der Waals surface area contributed by atoms with E-state index in [4.69, 9.17) is 14.2 Å². The predicted molar refractivity (Wildman–Crippen MR) is 86.4 cm³/mol. The molecule has 0 radical (unpaired) electrons. The van der Waals surface area contributed by atoms with Crippen molar-refractivity contribution in [2.75, 3.05) is 21.3 Å². The van der Waals surface area contributed by atoms with Crippen molar-refractivity contribution in [2.24, 2.45) is 0 Å². The summed E-state index contributed by atoms with van der Waals surface area (Å²) in [5.41, 5.74) is 1.30. The number of urea groups is 1. The molecule has 1 aliphatic rings. The largest absolute Gasteiger partial charge is 0.493 e. The molecular weight excluding hydrogens is 368 g/mol. The Labute approximate surface area is 142 Å². The second kappa shape index (κ2) is 6.91. The second-order valence-electron chi connectivity index (χ2n) is 4.79. The fourth-order valence-electron chi connectivity index (χ4n) is 2.48. The molecule has 0 saturated carbocycles. The standard InChI is InChI=1S/C15H17BrN2O5/c1-7-11(14(19)23-4)12(18-15(20)17-7)9-5-8(16)6-10(21-2)13(9)22-3/h5-6,12H,1-4H3,(H2,17,18,20)/t12-/m1/s1. The van der Waals surface area contributed by atoms with E-state index < -0.39 is 18.0 Å². The minimum Gasteiger partial charge on any atom is -0.493 e. The van der Waals surface area contributed by atoms with Crippen LogP contribution in [0.1, 0.15) is 18.5 Å². The molecule has 0 unspecified atom stereocenters. The molecule has 2 amide bonds. The number of halogens is 1. The monoisotopic (exact) mass is 384 g/mol. The highest BCUT2D eigenvalue weighted by molar-refractivity contribution is 9.10. The Morgan fingerprint density at radius 2 is 1.91 bits per heavy atom. The fourth-order valence-corrected chi connectivity index (χ4v) is 2.94. The third-order valence-electron chi connectivity index (χ3n) is 3.46. The van der Waals surface area contributed by atoms with Gasteiger partial charge in [0.05, 0.1) is 32.9 Å². The van der Waals surface area contributed by atoms with Crippen LogP contribution in [0.5, 0.6) is 11.5 Å². The van der Waals surface area contributed by atoms with Crippen LogP contribution in [0.2, 0.25) is 0 Å². The number of ether oxygens (including phenoxy) is 3. The molecule has 8 heteroatoms. The van der Waals surface area contributed by atoms with Crippen molar-refractivity contribution in [3.8, 4) is 11.5 Å². The number of carbonyl (C=O) groups excluding carboxylic acids is 2. The normalized spacial score (nSPS) is 17.3. The summed E-state index contributed by atoms with van der Waals surface area (Å²) >= 11 is 3.39. The molecular formula is C15H17BrN2O5. The zero-order chi connectivity index (χ0) is 17.1. The van der Waals surface area contributed by atoms with Gasteiger partial charge in [-0.25, -0.2) is 9.59 Å². The summed E-state index contributed by atoms with van der Waals surface area (Å²) in [6.45, 7) is 1.64. The topological polar surface area (TPSA) is 85.9 Å². The van der Waals surface area contributed by atoms with E-state index in [-0.39, 0.29) is 0 Å². The number of hydrogen-bond donors (Lipinski definition) is 2. The first-order valence-corrected chi connectivity index (χ1v) is 7.50. The van der Waals surface area contributed by atoms with Gasteiger partial charge < -0.3 is 24.8 Å². The number of nitrogens with one attached hydrogen (secondary N) is 2. The lowest BCUT2D eigenvalue weighted by Crippen LogP contribution is -2.45. The second-order valence-corrected chi connectivity index (χ2v) is 5.71. The molecule has 7 nitrogen and oxygen atoms in total. The number of carbonyl (C=O) groups is 2. The molecule has 2 rings (SSSR count). The van der Waals surface area contributed by atoms with Crippen LogP contribution in [0.25, 0.3) is 0 Å². The Morgan fingerprint density at radius 1 is 1.22 bits per heavy atom. The van der Waals surface area contributed by atoms with Crippen molar-refractivity contribution in [3.63, 3.8) is 0 Å². The van der Waals surface area contributed by atoms with E-state index in [9.17, 15) is 9.59 Å². The summed E-state index contributed by atoms with van der Waals surface area (Å²) in [6, 6.07) is 2.35. The molecule has 0 aromatic heterocycles. The summed E-state index contributed by atoms with van der Waals surface area (Å²) in [7, 11) is 4.29. The van der Waals surface area contributed by atoms with Gasteiger partial charge >= 0.3 is 12.0 Å². The molecule has 0 aliphatic carbocycles. The minimum absolute atomic E-state index is 0.297. The highest BCUT2D eigenvalue weighted by Gasteiger charge is 2.34. The van der Waals surface area contributed by atoms with E-state index in [1.54, 1.807) is 19.1 Å². The van der Waals surface area contributed by atoms with Gasteiger partial charge in [-0.15, -0.1) is 0 Å². The quantitative estimate of drug-likeness (QED) is 0.777. The lowest BCUT2D eigenvalue weighted by Gasteiger charge is -2.29. The number of hydrogen-bond acceptors (Lipinski definition) is 5. The number of methoxy groups -OCH3 is 3. The van der Waals surface area contributed by atoms with Crippen LogP contribution in [-0.4, -0.2) is 33.3 Å². The smallest absolute Gasteiger partial charge is 0.337 e. The molecule has 1 aromatic rings. The zero-order valence-corrected chi connectivity index (χ0v) is 14.7. The number of rotatable bonds is 4. The molecule has 124 valence electrons. The van der Waals surface area contributed by atoms with Crippen LogP contribution in [0, 0.1) is 0 Å². The molecule has 0 bridgehead atoms. The van der Waals surface area contributed by atoms with Crippen LogP contribution in [0.15, 0.2) is 27.9 Å². The first kappa shape index (κ1) is 17.1. The van der Waals surface area contributed by atoms with Crippen molar-refractivity contribution in [3.05, 3.63) is 33.4 Å². The molecule has 1 heterocycles. The Balaban J connectivity index is 2.67. The van der Waals surface area contributed by atoms with Crippen molar-refractivity contribution in [1.82, 2.24) is 10.6 Å². The van der Waals surface area contributed by atoms with E-state index in [2.05, 4.69) is 26.6 Å². The average molecular weight is 385 g/mol. The van der Waals surface area contributed by atoms with Gasteiger partial charge in [0.2, 0.25) is 0 Å². The highest BCUT2D eigenvalue weighted by Crippen LogP contribution is 2.41. The van der Waals surface area contributed by atoms with Gasteiger partial charge in [0.25, 0.3) is 0 Å². The predicted octanol–water partition coefficient (Wildman–Crippen LogP) is 2.27. The zero-order valence-electron chi connectivity index (χ0n) is 13.2. The molecule has 0 spiro atoms. The third-order valence-corrected chi connectivity index (χ3v) is 3.92. The van der Waals surface area contributed by atoms with Crippen molar-refractivity contribution in [2.45, 2.75) is 13.0 Å². The summed E-state index contributed by atoms with van der Waals surface area (Å²) in [5.74, 6) is 0.365. The number of esters is 1. The van der Waals surface area contributed by atoms with E-state index in [0.717, 1.165) is 4.47 Å². The van der Waals surface area contributed by atoms with Crippen LogP contribution in [-0.2, 0) is 9.53 Å². The Morgan fingerprint density at radius 3 is 2.48 bits per heavy atom.